The zero-order valence-electron chi connectivity index (χ0n) is 7.77. The first kappa shape index (κ1) is 10.7. The molecule has 0 bridgehead atoms. The van der Waals surface area contributed by atoms with Crippen molar-refractivity contribution in [1.82, 2.24) is 0 Å². The molecule has 0 amide bonds. The number of carbonyl (C=O) groups excluding carboxylic acids is 1. The molecule has 0 aromatic heterocycles. The SMILES string of the molecule is Cc1ccc(C(=O)S)c([N+](=O)[O-])c1C. The van der Waals surface area contributed by atoms with Crippen molar-refractivity contribution in [3.05, 3.63) is 38.9 Å². The van der Waals surface area contributed by atoms with Gasteiger partial charge in [0, 0.05) is 5.56 Å². The molecule has 74 valence electrons. The third-order valence-corrected chi connectivity index (χ3v) is 2.36. The van der Waals surface area contributed by atoms with E-state index < -0.39 is 10.0 Å². The van der Waals surface area contributed by atoms with Crippen molar-refractivity contribution in [3.8, 4) is 0 Å². The number of aryl methyl sites for hydroxylation is 1. The topological polar surface area (TPSA) is 60.2 Å². The molecule has 5 heteroatoms. The maximum Gasteiger partial charge on any atom is 0.284 e. The number of nitro benzene ring substituents is 1. The van der Waals surface area contributed by atoms with Gasteiger partial charge in [0.15, 0.2) is 0 Å². The van der Waals surface area contributed by atoms with Gasteiger partial charge in [0.2, 0.25) is 5.12 Å². The highest BCUT2D eigenvalue weighted by Crippen LogP contribution is 2.26. The van der Waals surface area contributed by atoms with E-state index in [0.717, 1.165) is 5.56 Å². The van der Waals surface area contributed by atoms with Crippen LogP contribution in [-0.4, -0.2) is 10.0 Å². The molecule has 0 N–H and O–H groups in total. The summed E-state index contributed by atoms with van der Waals surface area (Å²) in [5.41, 5.74) is 1.19. The molecule has 0 aliphatic heterocycles. The Morgan fingerprint density at radius 2 is 2.00 bits per heavy atom. The highest BCUT2D eigenvalue weighted by Gasteiger charge is 2.21. The average molecular weight is 211 g/mol. The second-order valence-corrected chi connectivity index (χ2v) is 3.37. The molecule has 0 heterocycles. The van der Waals surface area contributed by atoms with Gasteiger partial charge in [-0.1, -0.05) is 6.07 Å². The number of rotatable bonds is 2. The van der Waals surface area contributed by atoms with Crippen LogP contribution >= 0.6 is 12.6 Å². The van der Waals surface area contributed by atoms with E-state index in [-0.39, 0.29) is 11.3 Å². The average Bonchev–Trinajstić information content (AvgIpc) is 2.08. The summed E-state index contributed by atoms with van der Waals surface area (Å²) in [7, 11) is 0. The number of hydrogen-bond acceptors (Lipinski definition) is 3. The highest BCUT2D eigenvalue weighted by atomic mass is 32.1. The van der Waals surface area contributed by atoms with E-state index in [0.29, 0.717) is 5.56 Å². The summed E-state index contributed by atoms with van der Waals surface area (Å²) < 4.78 is 0. The molecule has 0 aliphatic carbocycles. The lowest BCUT2D eigenvalue weighted by Gasteiger charge is -2.04. The predicted molar refractivity (Wildman–Crippen MR) is 55.9 cm³/mol. The summed E-state index contributed by atoms with van der Waals surface area (Å²) in [6.45, 7) is 3.38. The Morgan fingerprint density at radius 3 is 2.43 bits per heavy atom. The molecule has 1 aromatic carbocycles. The van der Waals surface area contributed by atoms with Gasteiger partial charge in [0.05, 0.1) is 4.92 Å². The Kier molecular flexibility index (Phi) is 2.90. The minimum absolute atomic E-state index is 0.0430. The van der Waals surface area contributed by atoms with Gasteiger partial charge in [-0.05, 0) is 25.5 Å². The molecule has 0 spiro atoms. The van der Waals surface area contributed by atoms with E-state index in [1.807, 2.05) is 0 Å². The van der Waals surface area contributed by atoms with Gasteiger partial charge in [0.25, 0.3) is 5.69 Å². The van der Waals surface area contributed by atoms with Gasteiger partial charge in [-0.3, -0.25) is 14.9 Å². The van der Waals surface area contributed by atoms with Gasteiger partial charge in [-0.2, -0.15) is 0 Å². The Hall–Kier alpha value is -1.36. The second kappa shape index (κ2) is 3.79. The first-order chi connectivity index (χ1) is 6.45. The van der Waals surface area contributed by atoms with Crippen LogP contribution in [0.2, 0.25) is 0 Å². The minimum Gasteiger partial charge on any atom is -0.282 e. The molecule has 14 heavy (non-hydrogen) atoms. The van der Waals surface area contributed by atoms with Crippen molar-refractivity contribution in [2.45, 2.75) is 13.8 Å². The van der Waals surface area contributed by atoms with Crippen LogP contribution in [0.4, 0.5) is 5.69 Å². The third kappa shape index (κ3) is 1.77. The van der Waals surface area contributed by atoms with E-state index in [1.165, 1.54) is 6.07 Å². The van der Waals surface area contributed by atoms with Crippen LogP contribution in [0, 0.1) is 24.0 Å². The second-order valence-electron chi connectivity index (χ2n) is 2.97. The van der Waals surface area contributed by atoms with Crippen molar-refractivity contribution >= 4 is 23.4 Å². The van der Waals surface area contributed by atoms with E-state index >= 15 is 0 Å². The summed E-state index contributed by atoms with van der Waals surface area (Å²) >= 11 is 3.59. The van der Waals surface area contributed by atoms with Crippen molar-refractivity contribution < 1.29 is 9.72 Å². The maximum absolute atomic E-state index is 11.0. The van der Waals surface area contributed by atoms with Crippen molar-refractivity contribution in [3.63, 3.8) is 0 Å². The largest absolute Gasteiger partial charge is 0.284 e. The van der Waals surface area contributed by atoms with Gasteiger partial charge >= 0.3 is 0 Å². The van der Waals surface area contributed by atoms with Crippen molar-refractivity contribution in [1.29, 1.82) is 0 Å². The third-order valence-electron chi connectivity index (χ3n) is 2.11. The molecule has 0 radical (unpaired) electrons. The lowest BCUT2D eigenvalue weighted by molar-refractivity contribution is -0.385. The summed E-state index contributed by atoms with van der Waals surface area (Å²) in [5, 5.41) is 10.1. The fraction of sp³-hybridized carbons (Fsp3) is 0.222. The summed E-state index contributed by atoms with van der Waals surface area (Å²) in [5.74, 6) is 0. The molecular weight excluding hydrogens is 202 g/mol. The molecule has 0 unspecified atom stereocenters. The van der Waals surface area contributed by atoms with Crippen LogP contribution in [0.25, 0.3) is 0 Å². The summed E-state index contributed by atoms with van der Waals surface area (Å²) in [4.78, 5) is 21.2. The Morgan fingerprint density at radius 1 is 1.43 bits per heavy atom. The smallest absolute Gasteiger partial charge is 0.282 e. The van der Waals surface area contributed by atoms with Gasteiger partial charge in [-0.25, -0.2) is 0 Å². The fourth-order valence-electron chi connectivity index (χ4n) is 1.21. The van der Waals surface area contributed by atoms with Gasteiger partial charge in [-0.15, -0.1) is 12.6 Å². The summed E-state index contributed by atoms with van der Waals surface area (Å²) in [6, 6.07) is 3.10. The lowest BCUT2D eigenvalue weighted by Crippen LogP contribution is -2.02. The molecule has 1 rings (SSSR count). The van der Waals surface area contributed by atoms with Gasteiger partial charge in [0.1, 0.15) is 5.56 Å². The van der Waals surface area contributed by atoms with Crippen LogP contribution in [-0.2, 0) is 0 Å². The number of hydrogen-bond donors (Lipinski definition) is 1. The minimum atomic E-state index is -0.584. The molecule has 0 saturated carbocycles. The first-order valence-corrected chi connectivity index (χ1v) is 4.37. The number of thiol groups is 1. The number of nitrogens with zero attached hydrogens (tertiary/aromatic N) is 1. The monoisotopic (exact) mass is 211 g/mol. The molecule has 0 saturated heterocycles. The van der Waals surface area contributed by atoms with Crippen LogP contribution in [0.5, 0.6) is 0 Å². The zero-order chi connectivity index (χ0) is 10.9. The zero-order valence-corrected chi connectivity index (χ0v) is 8.67. The van der Waals surface area contributed by atoms with Crippen LogP contribution in [0.3, 0.4) is 0 Å². The van der Waals surface area contributed by atoms with Crippen molar-refractivity contribution in [2.75, 3.05) is 0 Å². The maximum atomic E-state index is 11.0. The predicted octanol–water partition coefficient (Wildman–Crippen LogP) is 2.28. The van der Waals surface area contributed by atoms with Crippen molar-refractivity contribution in [2.24, 2.45) is 0 Å². The Balaban J connectivity index is 3.53. The van der Waals surface area contributed by atoms with Crippen LogP contribution in [0.15, 0.2) is 12.1 Å². The van der Waals surface area contributed by atoms with Crippen LogP contribution in [0.1, 0.15) is 21.5 Å². The normalized spacial score (nSPS) is 9.93. The van der Waals surface area contributed by atoms with E-state index in [9.17, 15) is 14.9 Å². The van der Waals surface area contributed by atoms with E-state index in [2.05, 4.69) is 12.6 Å². The Labute approximate surface area is 86.5 Å². The first-order valence-electron chi connectivity index (χ1n) is 3.93. The molecule has 4 nitrogen and oxygen atoms in total. The molecule has 1 aromatic rings. The highest BCUT2D eigenvalue weighted by molar-refractivity contribution is 7.97. The molecule has 0 atom stereocenters. The Bertz CT molecular complexity index is 415. The van der Waals surface area contributed by atoms with E-state index in [4.69, 9.17) is 0 Å². The standard InChI is InChI=1S/C9H9NO3S/c1-5-3-4-7(9(11)14)8(6(5)2)10(12)13/h3-4H,1-2H3,(H,11,14). The number of nitro groups is 1. The molecule has 0 fully saturated rings. The lowest BCUT2D eigenvalue weighted by atomic mass is 10.0. The fourth-order valence-corrected chi connectivity index (χ4v) is 1.39. The summed E-state index contributed by atoms with van der Waals surface area (Å²) in [6.07, 6.45) is 0. The molecular formula is C9H9NO3S. The van der Waals surface area contributed by atoms with Crippen LogP contribution < -0.4 is 0 Å². The number of carbonyl (C=O) groups is 1. The quantitative estimate of drug-likeness (QED) is 0.463. The molecule has 0 aliphatic rings. The van der Waals surface area contributed by atoms with E-state index in [1.54, 1.807) is 19.9 Å². The van der Waals surface area contributed by atoms with Gasteiger partial charge < -0.3 is 0 Å². The number of benzene rings is 1.